The van der Waals surface area contributed by atoms with E-state index in [9.17, 15) is 14.4 Å². The first kappa shape index (κ1) is 17.2. The monoisotopic (exact) mass is 275 g/mol. The summed E-state index contributed by atoms with van der Waals surface area (Å²) >= 11 is 0. The number of carbonyl (C=O) groups excluding carboxylic acids is 2. The van der Waals surface area contributed by atoms with E-state index in [2.05, 4.69) is 10.6 Å². The van der Waals surface area contributed by atoms with Crippen LogP contribution in [-0.4, -0.2) is 65.8 Å². The van der Waals surface area contributed by atoms with Gasteiger partial charge in [-0.2, -0.15) is 0 Å². The maximum absolute atomic E-state index is 11.6. The van der Waals surface area contributed by atoms with E-state index < -0.39 is 18.0 Å². The lowest BCUT2D eigenvalue weighted by Crippen LogP contribution is -2.49. The zero-order valence-corrected chi connectivity index (χ0v) is 11.2. The third-order valence-corrected chi connectivity index (χ3v) is 2.31. The fourth-order valence-corrected chi connectivity index (χ4v) is 1.25. The maximum Gasteiger partial charge on any atom is 0.326 e. The molecule has 0 aromatic rings. The molecule has 0 unspecified atom stereocenters. The van der Waals surface area contributed by atoms with Crippen molar-refractivity contribution in [2.24, 2.45) is 0 Å². The molecule has 0 heterocycles. The molecule has 3 amide bonds. The standard InChI is InChI=1S/C11H21N3O5/c1-3-5-12-9(16)7-14(2)11(19)13-8(4-6-15)10(17)18/h8,15H,3-7H2,1-2H3,(H,12,16)(H,13,19)(H,17,18)/t8-/m0/s1. The van der Waals surface area contributed by atoms with Crippen LogP contribution in [0.4, 0.5) is 4.79 Å². The topological polar surface area (TPSA) is 119 Å². The van der Waals surface area contributed by atoms with Crippen LogP contribution in [0, 0.1) is 0 Å². The van der Waals surface area contributed by atoms with Crippen LogP contribution in [0.15, 0.2) is 0 Å². The van der Waals surface area contributed by atoms with E-state index in [-0.39, 0.29) is 25.5 Å². The second kappa shape index (κ2) is 9.15. The molecule has 0 aromatic carbocycles. The second-order valence-corrected chi connectivity index (χ2v) is 4.06. The van der Waals surface area contributed by atoms with Crippen LogP contribution in [-0.2, 0) is 9.59 Å². The largest absolute Gasteiger partial charge is 0.480 e. The van der Waals surface area contributed by atoms with Crippen molar-refractivity contribution >= 4 is 17.9 Å². The highest BCUT2D eigenvalue weighted by molar-refractivity contribution is 5.86. The van der Waals surface area contributed by atoms with Crippen LogP contribution in [0.2, 0.25) is 0 Å². The van der Waals surface area contributed by atoms with Crippen molar-refractivity contribution in [1.82, 2.24) is 15.5 Å². The Kier molecular flexibility index (Phi) is 8.27. The number of aliphatic hydroxyl groups excluding tert-OH is 1. The van der Waals surface area contributed by atoms with Gasteiger partial charge < -0.3 is 25.7 Å². The molecule has 8 heteroatoms. The Morgan fingerprint density at radius 3 is 2.42 bits per heavy atom. The number of likely N-dealkylation sites (N-methyl/N-ethyl adjacent to an activating group) is 1. The number of carboxylic acids is 1. The summed E-state index contributed by atoms with van der Waals surface area (Å²) in [5.74, 6) is -1.54. The summed E-state index contributed by atoms with van der Waals surface area (Å²) in [5.41, 5.74) is 0. The fraction of sp³-hybridized carbons (Fsp3) is 0.727. The van der Waals surface area contributed by atoms with Gasteiger partial charge in [0, 0.05) is 26.6 Å². The molecule has 0 aliphatic carbocycles. The number of hydrogen-bond acceptors (Lipinski definition) is 4. The van der Waals surface area contributed by atoms with Gasteiger partial charge in [-0.15, -0.1) is 0 Å². The van der Waals surface area contributed by atoms with Crippen LogP contribution in [0.1, 0.15) is 19.8 Å². The Morgan fingerprint density at radius 2 is 1.95 bits per heavy atom. The number of amides is 3. The first-order chi connectivity index (χ1) is 8.92. The van der Waals surface area contributed by atoms with Crippen molar-refractivity contribution in [1.29, 1.82) is 0 Å². The molecule has 1 atom stereocenters. The molecule has 8 nitrogen and oxygen atoms in total. The van der Waals surface area contributed by atoms with Gasteiger partial charge in [0.1, 0.15) is 12.6 Å². The highest BCUT2D eigenvalue weighted by atomic mass is 16.4. The van der Waals surface area contributed by atoms with E-state index >= 15 is 0 Å². The minimum atomic E-state index is -1.23. The number of hydrogen-bond donors (Lipinski definition) is 4. The zero-order valence-electron chi connectivity index (χ0n) is 11.2. The van der Waals surface area contributed by atoms with Crippen LogP contribution >= 0.6 is 0 Å². The molecule has 0 fully saturated rings. The number of aliphatic carboxylic acids is 1. The van der Waals surface area contributed by atoms with E-state index in [0.29, 0.717) is 6.54 Å². The number of nitrogens with one attached hydrogen (secondary N) is 2. The SMILES string of the molecule is CCCNC(=O)CN(C)C(=O)N[C@@H](CCO)C(=O)O. The van der Waals surface area contributed by atoms with Gasteiger partial charge in [0.25, 0.3) is 0 Å². The maximum atomic E-state index is 11.6. The van der Waals surface area contributed by atoms with E-state index in [4.69, 9.17) is 10.2 Å². The Bertz CT molecular complexity index is 321. The Balaban J connectivity index is 4.24. The van der Waals surface area contributed by atoms with E-state index in [1.165, 1.54) is 7.05 Å². The summed E-state index contributed by atoms with van der Waals surface area (Å²) in [7, 11) is 1.39. The minimum absolute atomic E-state index is 0.0864. The predicted molar refractivity (Wildman–Crippen MR) is 67.6 cm³/mol. The number of nitrogens with zero attached hydrogens (tertiary/aromatic N) is 1. The summed E-state index contributed by atoms with van der Waals surface area (Å²) in [5, 5.41) is 22.3. The number of rotatable bonds is 8. The molecule has 0 aliphatic heterocycles. The minimum Gasteiger partial charge on any atom is -0.480 e. The first-order valence-electron chi connectivity index (χ1n) is 6.04. The highest BCUT2D eigenvalue weighted by Crippen LogP contribution is 1.94. The predicted octanol–water partition coefficient (Wildman–Crippen LogP) is -1.01. The summed E-state index contributed by atoms with van der Waals surface area (Å²) in [6, 6.07) is -1.84. The molecule has 110 valence electrons. The smallest absolute Gasteiger partial charge is 0.326 e. The van der Waals surface area contributed by atoms with Crippen molar-refractivity contribution < 1.29 is 24.6 Å². The van der Waals surface area contributed by atoms with Crippen LogP contribution in [0.25, 0.3) is 0 Å². The molecule has 0 aliphatic rings. The van der Waals surface area contributed by atoms with Gasteiger partial charge in [0.05, 0.1) is 0 Å². The van der Waals surface area contributed by atoms with Crippen molar-refractivity contribution in [2.75, 3.05) is 26.7 Å². The third kappa shape index (κ3) is 7.24. The average Bonchev–Trinajstić information content (AvgIpc) is 2.35. The Morgan fingerprint density at radius 1 is 1.32 bits per heavy atom. The van der Waals surface area contributed by atoms with Crippen LogP contribution < -0.4 is 10.6 Å². The molecular weight excluding hydrogens is 254 g/mol. The van der Waals surface area contributed by atoms with Crippen molar-refractivity contribution in [2.45, 2.75) is 25.8 Å². The number of urea groups is 1. The summed E-state index contributed by atoms with van der Waals surface area (Å²) < 4.78 is 0. The highest BCUT2D eigenvalue weighted by Gasteiger charge is 2.21. The third-order valence-electron chi connectivity index (χ3n) is 2.31. The molecule has 19 heavy (non-hydrogen) atoms. The molecule has 0 spiro atoms. The molecule has 4 N–H and O–H groups in total. The number of aliphatic hydroxyl groups is 1. The van der Waals surface area contributed by atoms with Crippen LogP contribution in [0.3, 0.4) is 0 Å². The molecule has 0 radical (unpaired) electrons. The van der Waals surface area contributed by atoms with Crippen molar-refractivity contribution in [3.05, 3.63) is 0 Å². The van der Waals surface area contributed by atoms with Gasteiger partial charge >= 0.3 is 12.0 Å². The summed E-state index contributed by atoms with van der Waals surface area (Å²) in [4.78, 5) is 34.9. The molecule has 0 aromatic heterocycles. The van der Waals surface area contributed by atoms with Crippen molar-refractivity contribution in [3.63, 3.8) is 0 Å². The van der Waals surface area contributed by atoms with Gasteiger partial charge in [-0.05, 0) is 6.42 Å². The average molecular weight is 275 g/mol. The summed E-state index contributed by atoms with van der Waals surface area (Å²) in [6.45, 7) is 1.93. The molecule has 0 bridgehead atoms. The van der Waals surface area contributed by atoms with Gasteiger partial charge in [-0.1, -0.05) is 6.92 Å². The molecule has 0 saturated heterocycles. The Labute approximate surface area is 111 Å². The van der Waals surface area contributed by atoms with Gasteiger partial charge in [-0.25, -0.2) is 9.59 Å². The van der Waals surface area contributed by atoms with E-state index in [0.717, 1.165) is 11.3 Å². The summed E-state index contributed by atoms with van der Waals surface area (Å²) in [6.07, 6.45) is 0.705. The van der Waals surface area contributed by atoms with Gasteiger partial charge in [0.2, 0.25) is 5.91 Å². The zero-order chi connectivity index (χ0) is 14.8. The lowest BCUT2D eigenvalue weighted by atomic mass is 10.2. The Hall–Kier alpha value is -1.83. The lowest BCUT2D eigenvalue weighted by molar-refractivity contribution is -0.139. The molecular formula is C11H21N3O5. The van der Waals surface area contributed by atoms with Gasteiger partial charge in [0.15, 0.2) is 0 Å². The fourth-order valence-electron chi connectivity index (χ4n) is 1.25. The quantitative estimate of drug-likeness (QED) is 0.452. The van der Waals surface area contributed by atoms with Crippen LogP contribution in [0.5, 0.6) is 0 Å². The molecule has 0 rings (SSSR count). The normalized spacial score (nSPS) is 11.5. The second-order valence-electron chi connectivity index (χ2n) is 4.06. The van der Waals surface area contributed by atoms with E-state index in [1.54, 1.807) is 0 Å². The molecule has 0 saturated carbocycles. The number of carboxylic acid groups (broad SMARTS) is 1. The van der Waals surface area contributed by atoms with E-state index in [1.807, 2.05) is 6.92 Å². The van der Waals surface area contributed by atoms with Gasteiger partial charge in [-0.3, -0.25) is 4.79 Å². The van der Waals surface area contributed by atoms with Crippen molar-refractivity contribution in [3.8, 4) is 0 Å². The lowest BCUT2D eigenvalue weighted by Gasteiger charge is -2.20. The number of carbonyl (C=O) groups is 3. The first-order valence-corrected chi connectivity index (χ1v) is 6.04.